The Labute approximate surface area is 533 Å². The maximum absolute atomic E-state index is 12.8. The van der Waals surface area contributed by atoms with E-state index in [-0.39, 0.29) is 38.6 Å². The molecule has 0 rings (SSSR count). The fourth-order valence-electron chi connectivity index (χ4n) is 11.2. The fourth-order valence-corrected chi connectivity index (χ4v) is 12.0. The third-order valence-corrected chi connectivity index (χ3v) is 17.7. The topological polar surface area (TPSA) is 134 Å². The monoisotopic (exact) mass is 1230 g/mol. The maximum Gasteiger partial charge on any atom is 0.472 e. The third kappa shape index (κ3) is 70.8. The van der Waals surface area contributed by atoms with E-state index in [2.05, 4.69) is 74.6 Å². The van der Waals surface area contributed by atoms with Crippen LogP contribution in [0.25, 0.3) is 0 Å². The number of unbranched alkanes of at least 4 members (excludes halogenated alkanes) is 48. The first-order valence-electron chi connectivity index (χ1n) is 37.3. The van der Waals surface area contributed by atoms with Gasteiger partial charge in [0.25, 0.3) is 0 Å². The molecule has 0 radical (unpaired) electrons. The molecule has 0 aliphatic heterocycles. The predicted molar refractivity (Wildman–Crippen MR) is 372 cm³/mol. The van der Waals surface area contributed by atoms with Gasteiger partial charge in [0.2, 0.25) is 0 Å². The van der Waals surface area contributed by atoms with Gasteiger partial charge in [0.1, 0.15) is 6.61 Å². The van der Waals surface area contributed by atoms with Gasteiger partial charge in [-0.25, -0.2) is 4.57 Å². The Balaban J connectivity index is 3.80. The Morgan fingerprint density at radius 1 is 0.360 bits per heavy atom. The molecule has 0 amide bonds. The van der Waals surface area contributed by atoms with Crippen molar-refractivity contribution in [2.24, 2.45) is 5.73 Å². The summed E-state index contributed by atoms with van der Waals surface area (Å²) in [4.78, 5) is 35.4. The van der Waals surface area contributed by atoms with Crippen LogP contribution in [0, 0.1) is 0 Å². The highest BCUT2D eigenvalue weighted by Crippen LogP contribution is 2.43. The zero-order valence-corrected chi connectivity index (χ0v) is 57.7. The van der Waals surface area contributed by atoms with E-state index in [1.165, 1.54) is 283 Å². The van der Waals surface area contributed by atoms with E-state index in [0.29, 0.717) is 6.42 Å². The summed E-state index contributed by atoms with van der Waals surface area (Å²) in [6.45, 7) is 3.71. The minimum atomic E-state index is -4.39. The van der Waals surface area contributed by atoms with Crippen LogP contribution in [0.3, 0.4) is 0 Å². The number of nitrogens with two attached hydrogens (primary N) is 1. The highest BCUT2D eigenvalue weighted by atomic mass is 31.2. The van der Waals surface area contributed by atoms with Gasteiger partial charge in [0.05, 0.1) is 13.2 Å². The van der Waals surface area contributed by atoms with E-state index in [4.69, 9.17) is 24.3 Å². The van der Waals surface area contributed by atoms with Crippen LogP contribution in [0.15, 0.2) is 60.8 Å². The smallest absolute Gasteiger partial charge is 0.462 e. The molecule has 0 saturated carbocycles. The quantitative estimate of drug-likeness (QED) is 0.0264. The Morgan fingerprint density at radius 3 is 0.953 bits per heavy atom. The number of phosphoric ester groups is 1. The van der Waals surface area contributed by atoms with Crippen molar-refractivity contribution in [2.75, 3.05) is 26.4 Å². The minimum absolute atomic E-state index is 0.0552. The van der Waals surface area contributed by atoms with Gasteiger partial charge >= 0.3 is 19.8 Å². The number of phosphoric acid groups is 1. The van der Waals surface area contributed by atoms with Crippen molar-refractivity contribution < 1.29 is 37.6 Å². The van der Waals surface area contributed by atoms with Gasteiger partial charge in [0.15, 0.2) is 6.10 Å². The SMILES string of the molecule is CC/C=C\C/C=C\C/C=C\C/C=C\C/C=C\CCCCCCCCCCCCCCCCCCCCCC(=O)OC(COC(=O)CCCCCCCCCCCCCCCCCCCCCCCCCCCCCCCC)COP(=O)(O)OCCN. The number of carbonyl (C=O) groups is 2. The van der Waals surface area contributed by atoms with Gasteiger partial charge in [-0.2, -0.15) is 0 Å². The molecule has 0 aliphatic rings. The standard InChI is InChI=1S/C76H142NO8P/c1-3-5-7-9-11-13-15-17-19-21-23-25-27-29-31-33-35-36-37-38-39-41-43-45-47-49-51-53-55-57-59-61-63-65-67-69-76(79)85-74(73-84-86(80,81)83-71-70-77)72-82-75(78)68-66-64-62-60-58-56-54-52-50-48-46-44-42-40-34-32-30-28-26-24-22-20-18-16-14-12-10-8-6-4-2/h5,7,11,13,17,19,23,25,29,31,74H,3-4,6,8-10,12,14-16,18,20-22,24,26-28,30,32-73,77H2,1-2H3,(H,80,81)/b7-5-,13-11-,19-17-,25-23-,31-29-. The lowest BCUT2D eigenvalue weighted by Gasteiger charge is -2.19. The molecule has 0 fully saturated rings. The number of allylic oxidation sites excluding steroid dienone is 10. The molecule has 0 aromatic rings. The Hall–Kier alpha value is -2.29. The molecule has 10 heteroatoms. The summed E-state index contributed by atoms with van der Waals surface area (Å²) in [5.74, 6) is -0.805. The van der Waals surface area contributed by atoms with E-state index in [1.54, 1.807) is 0 Å². The normalized spacial score (nSPS) is 13.2. The number of hydrogen-bond donors (Lipinski definition) is 2. The average molecular weight is 1230 g/mol. The summed E-state index contributed by atoms with van der Waals surface area (Å²) in [7, 11) is -4.39. The summed E-state index contributed by atoms with van der Waals surface area (Å²) in [6.07, 6.45) is 93.4. The van der Waals surface area contributed by atoms with Crippen LogP contribution in [0.5, 0.6) is 0 Å². The molecular weight excluding hydrogens is 1090 g/mol. The Bertz CT molecular complexity index is 1590. The lowest BCUT2D eigenvalue weighted by molar-refractivity contribution is -0.161. The number of ether oxygens (including phenoxy) is 2. The van der Waals surface area contributed by atoms with Crippen LogP contribution in [-0.4, -0.2) is 49.3 Å². The minimum Gasteiger partial charge on any atom is -0.462 e. The van der Waals surface area contributed by atoms with Crippen molar-refractivity contribution >= 4 is 19.8 Å². The van der Waals surface area contributed by atoms with Crippen LogP contribution in [0.1, 0.15) is 380 Å². The van der Waals surface area contributed by atoms with Crippen molar-refractivity contribution in [3.05, 3.63) is 60.8 Å². The zero-order chi connectivity index (χ0) is 62.3. The van der Waals surface area contributed by atoms with Crippen LogP contribution in [0.4, 0.5) is 0 Å². The largest absolute Gasteiger partial charge is 0.472 e. The molecule has 0 spiro atoms. The molecule has 2 unspecified atom stereocenters. The number of esters is 2. The first-order chi connectivity index (χ1) is 42.3. The summed E-state index contributed by atoms with van der Waals surface area (Å²) < 4.78 is 33.2. The van der Waals surface area contributed by atoms with Crippen molar-refractivity contribution in [2.45, 2.75) is 386 Å². The Morgan fingerprint density at radius 2 is 0.640 bits per heavy atom. The molecule has 504 valence electrons. The molecular formula is C76H142NO8P. The van der Waals surface area contributed by atoms with Crippen molar-refractivity contribution in [3.63, 3.8) is 0 Å². The van der Waals surface area contributed by atoms with Crippen molar-refractivity contribution in [1.29, 1.82) is 0 Å². The van der Waals surface area contributed by atoms with Crippen molar-refractivity contribution in [1.82, 2.24) is 0 Å². The van der Waals surface area contributed by atoms with Gasteiger partial charge in [-0.1, -0.05) is 370 Å². The zero-order valence-electron chi connectivity index (χ0n) is 56.8. The lowest BCUT2D eigenvalue weighted by Crippen LogP contribution is -2.29. The van der Waals surface area contributed by atoms with Crippen LogP contribution in [-0.2, 0) is 32.7 Å². The molecule has 0 aromatic heterocycles. The second-order valence-electron chi connectivity index (χ2n) is 25.1. The fraction of sp³-hybridized carbons (Fsp3) is 0.842. The maximum atomic E-state index is 12.8. The number of rotatable bonds is 71. The van der Waals surface area contributed by atoms with E-state index < -0.39 is 26.5 Å². The van der Waals surface area contributed by atoms with Gasteiger partial charge in [-0.05, 0) is 57.8 Å². The van der Waals surface area contributed by atoms with Crippen LogP contribution >= 0.6 is 7.82 Å². The first kappa shape index (κ1) is 83.7. The highest BCUT2D eigenvalue weighted by Gasteiger charge is 2.26. The van der Waals surface area contributed by atoms with E-state index >= 15 is 0 Å². The van der Waals surface area contributed by atoms with E-state index in [1.807, 2.05) is 0 Å². The second kappa shape index (κ2) is 71.8. The molecule has 0 saturated heterocycles. The van der Waals surface area contributed by atoms with Gasteiger partial charge < -0.3 is 20.1 Å². The molecule has 0 aliphatic carbocycles. The van der Waals surface area contributed by atoms with Crippen molar-refractivity contribution in [3.8, 4) is 0 Å². The summed E-state index contributed by atoms with van der Waals surface area (Å²) >= 11 is 0. The van der Waals surface area contributed by atoms with Crippen LogP contribution in [0.2, 0.25) is 0 Å². The van der Waals surface area contributed by atoms with Gasteiger partial charge in [-0.3, -0.25) is 18.6 Å². The summed E-state index contributed by atoms with van der Waals surface area (Å²) in [5.41, 5.74) is 5.41. The predicted octanol–water partition coefficient (Wildman–Crippen LogP) is 24.6. The van der Waals surface area contributed by atoms with Crippen LogP contribution < -0.4 is 5.73 Å². The molecule has 9 nitrogen and oxygen atoms in total. The lowest BCUT2D eigenvalue weighted by atomic mass is 10.0. The van der Waals surface area contributed by atoms with E-state index in [9.17, 15) is 19.0 Å². The average Bonchev–Trinajstić information content (AvgIpc) is 3.59. The second-order valence-corrected chi connectivity index (χ2v) is 26.6. The molecule has 0 aromatic carbocycles. The molecule has 2 atom stereocenters. The summed E-state index contributed by atoms with van der Waals surface area (Å²) in [6, 6.07) is 0. The molecule has 3 N–H and O–H groups in total. The molecule has 86 heavy (non-hydrogen) atoms. The number of carbonyl (C=O) groups excluding carboxylic acids is 2. The van der Waals surface area contributed by atoms with Gasteiger partial charge in [-0.15, -0.1) is 0 Å². The molecule has 0 heterocycles. The molecule has 0 bridgehead atoms. The first-order valence-corrected chi connectivity index (χ1v) is 38.8. The summed E-state index contributed by atoms with van der Waals surface area (Å²) in [5, 5.41) is 0. The Kier molecular flexibility index (Phi) is 69.9. The number of hydrogen-bond acceptors (Lipinski definition) is 8. The van der Waals surface area contributed by atoms with Gasteiger partial charge in [0, 0.05) is 19.4 Å². The van der Waals surface area contributed by atoms with E-state index in [0.717, 1.165) is 64.2 Å². The third-order valence-electron chi connectivity index (χ3n) is 16.7. The highest BCUT2D eigenvalue weighted by molar-refractivity contribution is 7.47.